The van der Waals surface area contributed by atoms with Crippen LogP contribution in [0.25, 0.3) is 0 Å². The third-order valence-corrected chi connectivity index (χ3v) is 5.18. The van der Waals surface area contributed by atoms with E-state index in [0.717, 1.165) is 12.3 Å². The summed E-state index contributed by atoms with van der Waals surface area (Å²) in [4.78, 5) is 0. The summed E-state index contributed by atoms with van der Waals surface area (Å²) < 4.78 is 22.6. The molecule has 0 aliphatic rings. The number of hydrogen-bond donors (Lipinski definition) is 1. The summed E-state index contributed by atoms with van der Waals surface area (Å²) in [6, 6.07) is 0. The number of rotatable bonds is 6. The van der Waals surface area contributed by atoms with Gasteiger partial charge >= 0.3 is 0 Å². The van der Waals surface area contributed by atoms with E-state index in [0.29, 0.717) is 6.54 Å². The van der Waals surface area contributed by atoms with Crippen molar-refractivity contribution in [3.05, 3.63) is 0 Å². The molecule has 0 aromatic carbocycles. The van der Waals surface area contributed by atoms with Gasteiger partial charge in [-0.2, -0.15) is 11.8 Å². The molecule has 5 heteroatoms. The minimum atomic E-state index is -2.95. The molecular formula is C9H21NO2S2. The molecule has 0 rings (SSSR count). The van der Waals surface area contributed by atoms with Crippen LogP contribution in [0.4, 0.5) is 0 Å². The van der Waals surface area contributed by atoms with E-state index in [1.807, 2.05) is 6.26 Å². The van der Waals surface area contributed by atoms with Gasteiger partial charge in [-0.05, 0) is 27.0 Å². The Hall–Kier alpha value is 0.260. The molecule has 0 aromatic rings. The summed E-state index contributed by atoms with van der Waals surface area (Å²) in [5, 5.41) is 3.11. The average molecular weight is 239 g/mol. The van der Waals surface area contributed by atoms with Crippen LogP contribution in [0.3, 0.4) is 0 Å². The van der Waals surface area contributed by atoms with Gasteiger partial charge in [-0.25, -0.2) is 8.42 Å². The number of sulfone groups is 1. The van der Waals surface area contributed by atoms with Gasteiger partial charge in [-0.3, -0.25) is 0 Å². The van der Waals surface area contributed by atoms with Crippen LogP contribution in [-0.4, -0.2) is 44.0 Å². The molecule has 0 unspecified atom stereocenters. The number of nitrogens with one attached hydrogen (secondary N) is 1. The summed E-state index contributed by atoms with van der Waals surface area (Å²) in [5.74, 6) is 1.25. The molecule has 3 nitrogen and oxygen atoms in total. The Bertz CT molecular complexity index is 242. The largest absolute Gasteiger partial charge is 0.315 e. The zero-order chi connectivity index (χ0) is 11.2. The standard InChI is InChI=1S/C9H21NO2S2/c1-9(2,3)14(11,12)8-6-10-5-7-13-4/h10H,5-8H2,1-4H3. The zero-order valence-electron chi connectivity index (χ0n) is 9.46. The van der Waals surface area contributed by atoms with Crippen molar-refractivity contribution in [3.8, 4) is 0 Å². The zero-order valence-corrected chi connectivity index (χ0v) is 11.1. The SMILES string of the molecule is CSCCNCCS(=O)(=O)C(C)(C)C. The van der Waals surface area contributed by atoms with E-state index in [9.17, 15) is 8.42 Å². The summed E-state index contributed by atoms with van der Waals surface area (Å²) in [7, 11) is -2.95. The van der Waals surface area contributed by atoms with Gasteiger partial charge in [-0.15, -0.1) is 0 Å². The van der Waals surface area contributed by atoms with Gasteiger partial charge in [0.15, 0.2) is 9.84 Å². The molecule has 0 aliphatic carbocycles. The lowest BCUT2D eigenvalue weighted by molar-refractivity contribution is 0.557. The summed E-state index contributed by atoms with van der Waals surface area (Å²) in [6.07, 6.45) is 2.04. The number of thioether (sulfide) groups is 1. The van der Waals surface area contributed by atoms with Gasteiger partial charge in [0.2, 0.25) is 0 Å². The fourth-order valence-corrected chi connectivity index (χ4v) is 2.19. The monoisotopic (exact) mass is 239 g/mol. The van der Waals surface area contributed by atoms with Gasteiger partial charge in [0.05, 0.1) is 10.5 Å². The first kappa shape index (κ1) is 14.3. The first-order chi connectivity index (χ1) is 6.31. The maximum Gasteiger partial charge on any atom is 0.156 e. The molecule has 1 N–H and O–H groups in total. The van der Waals surface area contributed by atoms with Crippen molar-refractivity contribution in [2.75, 3.05) is 30.9 Å². The van der Waals surface area contributed by atoms with Gasteiger partial charge in [0.25, 0.3) is 0 Å². The smallest absolute Gasteiger partial charge is 0.156 e. The Balaban J connectivity index is 3.80. The fraction of sp³-hybridized carbons (Fsp3) is 1.00. The van der Waals surface area contributed by atoms with Crippen LogP contribution in [0.1, 0.15) is 20.8 Å². The Morgan fingerprint density at radius 3 is 2.21 bits per heavy atom. The van der Waals surface area contributed by atoms with Gasteiger partial charge in [0.1, 0.15) is 0 Å². The second kappa shape index (κ2) is 5.98. The van der Waals surface area contributed by atoms with E-state index in [2.05, 4.69) is 5.32 Å². The molecular weight excluding hydrogens is 218 g/mol. The predicted octanol–water partition coefficient (Wildman–Crippen LogP) is 1.15. The molecule has 0 radical (unpaired) electrons. The first-order valence-corrected chi connectivity index (χ1v) is 7.78. The third-order valence-electron chi connectivity index (χ3n) is 1.96. The van der Waals surface area contributed by atoms with E-state index < -0.39 is 14.6 Å². The van der Waals surface area contributed by atoms with Crippen molar-refractivity contribution in [1.29, 1.82) is 0 Å². The lowest BCUT2D eigenvalue weighted by atomic mass is 10.3. The highest BCUT2D eigenvalue weighted by Gasteiger charge is 2.27. The van der Waals surface area contributed by atoms with Crippen LogP contribution in [0, 0.1) is 0 Å². The topological polar surface area (TPSA) is 46.2 Å². The summed E-state index contributed by atoms with van der Waals surface area (Å²) >= 11 is 1.75. The second-order valence-corrected chi connectivity index (χ2v) is 8.02. The van der Waals surface area contributed by atoms with Gasteiger partial charge in [0, 0.05) is 18.8 Å². The van der Waals surface area contributed by atoms with Gasteiger partial charge in [-0.1, -0.05) is 0 Å². The molecule has 0 saturated carbocycles. The highest BCUT2D eigenvalue weighted by atomic mass is 32.2. The predicted molar refractivity (Wildman–Crippen MR) is 64.8 cm³/mol. The Labute approximate surface area is 92.0 Å². The molecule has 0 heterocycles. The fourth-order valence-electron chi connectivity index (χ4n) is 0.812. The van der Waals surface area contributed by atoms with Crippen LogP contribution in [0.15, 0.2) is 0 Å². The highest BCUT2D eigenvalue weighted by Crippen LogP contribution is 2.14. The van der Waals surface area contributed by atoms with E-state index in [1.165, 1.54) is 0 Å². The lowest BCUT2D eigenvalue weighted by Crippen LogP contribution is -2.35. The van der Waals surface area contributed by atoms with Crippen LogP contribution in [-0.2, 0) is 9.84 Å². The maximum absolute atomic E-state index is 11.6. The van der Waals surface area contributed by atoms with E-state index in [-0.39, 0.29) is 5.75 Å². The Morgan fingerprint density at radius 2 is 1.79 bits per heavy atom. The van der Waals surface area contributed by atoms with Crippen molar-refractivity contribution < 1.29 is 8.42 Å². The van der Waals surface area contributed by atoms with E-state index >= 15 is 0 Å². The second-order valence-electron chi connectivity index (χ2n) is 4.17. The molecule has 0 atom stereocenters. The maximum atomic E-state index is 11.6. The quantitative estimate of drug-likeness (QED) is 0.706. The van der Waals surface area contributed by atoms with Crippen molar-refractivity contribution in [1.82, 2.24) is 5.32 Å². The Kier molecular flexibility index (Phi) is 6.09. The van der Waals surface area contributed by atoms with E-state index in [4.69, 9.17) is 0 Å². The molecule has 0 spiro atoms. The van der Waals surface area contributed by atoms with Crippen molar-refractivity contribution >= 4 is 21.6 Å². The highest BCUT2D eigenvalue weighted by molar-refractivity contribution is 7.98. The average Bonchev–Trinajstić information content (AvgIpc) is 2.02. The first-order valence-electron chi connectivity index (χ1n) is 4.73. The molecule has 0 fully saturated rings. The third kappa shape index (κ3) is 5.22. The van der Waals surface area contributed by atoms with Crippen LogP contribution in [0.5, 0.6) is 0 Å². The van der Waals surface area contributed by atoms with Crippen LogP contribution >= 0.6 is 11.8 Å². The minimum absolute atomic E-state index is 0.227. The molecule has 14 heavy (non-hydrogen) atoms. The Morgan fingerprint density at radius 1 is 1.21 bits per heavy atom. The van der Waals surface area contributed by atoms with E-state index in [1.54, 1.807) is 32.5 Å². The van der Waals surface area contributed by atoms with Crippen molar-refractivity contribution in [2.24, 2.45) is 0 Å². The molecule has 86 valence electrons. The number of hydrogen-bond acceptors (Lipinski definition) is 4. The van der Waals surface area contributed by atoms with Crippen molar-refractivity contribution in [2.45, 2.75) is 25.5 Å². The molecule has 0 aromatic heterocycles. The molecule has 0 bridgehead atoms. The molecule has 0 saturated heterocycles. The molecule has 0 aliphatic heterocycles. The minimum Gasteiger partial charge on any atom is -0.315 e. The van der Waals surface area contributed by atoms with Gasteiger partial charge < -0.3 is 5.32 Å². The lowest BCUT2D eigenvalue weighted by Gasteiger charge is -2.19. The van der Waals surface area contributed by atoms with Crippen LogP contribution < -0.4 is 5.32 Å². The molecule has 0 amide bonds. The van der Waals surface area contributed by atoms with Crippen molar-refractivity contribution in [3.63, 3.8) is 0 Å². The summed E-state index contributed by atoms with van der Waals surface area (Å²) in [5.41, 5.74) is 0. The normalized spacial score (nSPS) is 13.1. The van der Waals surface area contributed by atoms with Crippen LogP contribution in [0.2, 0.25) is 0 Å². The summed E-state index contributed by atoms with van der Waals surface area (Å²) in [6.45, 7) is 6.65.